The summed E-state index contributed by atoms with van der Waals surface area (Å²) >= 11 is 0. The first-order valence-corrected chi connectivity index (χ1v) is 7.05. The van der Waals surface area contributed by atoms with Gasteiger partial charge in [-0.15, -0.1) is 0 Å². The average Bonchev–Trinajstić information content (AvgIpc) is 2.39. The summed E-state index contributed by atoms with van der Waals surface area (Å²) in [6, 6.07) is 11.0. The Morgan fingerprint density at radius 2 is 1.55 bits per heavy atom. The van der Waals surface area contributed by atoms with Crippen LogP contribution in [0.4, 0.5) is 5.69 Å². The maximum Gasteiger partial charge on any atom is 0.339 e. The zero-order valence-electron chi connectivity index (χ0n) is 10.5. The van der Waals surface area contributed by atoms with Gasteiger partial charge in [-0.2, -0.15) is 8.42 Å². The maximum atomic E-state index is 12.0. The fraction of sp³-hybridized carbons (Fsp3) is 0.0769. The van der Waals surface area contributed by atoms with Crippen LogP contribution in [0.1, 0.15) is 5.56 Å². The Balaban J connectivity index is 2.24. The van der Waals surface area contributed by atoms with Crippen molar-refractivity contribution in [3.63, 3.8) is 0 Å². The molecule has 6 nitrogen and oxygen atoms in total. The Morgan fingerprint density at radius 1 is 1.00 bits per heavy atom. The second-order valence-electron chi connectivity index (χ2n) is 4.10. The number of non-ortho nitro benzene ring substituents is 1. The zero-order chi connectivity index (χ0) is 14.8. The Bertz CT molecular complexity index is 720. The van der Waals surface area contributed by atoms with Gasteiger partial charge < -0.3 is 4.18 Å². The van der Waals surface area contributed by atoms with Crippen molar-refractivity contribution in [3.05, 3.63) is 64.2 Å². The lowest BCUT2D eigenvalue weighted by Gasteiger charge is -2.06. The summed E-state index contributed by atoms with van der Waals surface area (Å²) in [7, 11) is -3.93. The minimum absolute atomic E-state index is 0.0242. The van der Waals surface area contributed by atoms with Gasteiger partial charge in [-0.3, -0.25) is 10.1 Å². The summed E-state index contributed by atoms with van der Waals surface area (Å²) in [4.78, 5) is 9.96. The lowest BCUT2D eigenvalue weighted by Crippen LogP contribution is -2.09. The van der Waals surface area contributed by atoms with Gasteiger partial charge in [0.15, 0.2) is 0 Å². The molecule has 0 unspecified atom stereocenters. The Morgan fingerprint density at radius 3 is 2.05 bits per heavy atom. The number of nitro benzene ring substituents is 1. The van der Waals surface area contributed by atoms with Gasteiger partial charge in [0, 0.05) is 12.1 Å². The van der Waals surface area contributed by atoms with Crippen molar-refractivity contribution in [2.75, 3.05) is 0 Å². The van der Waals surface area contributed by atoms with Crippen molar-refractivity contribution >= 4 is 15.8 Å². The van der Waals surface area contributed by atoms with Crippen LogP contribution in [-0.4, -0.2) is 13.3 Å². The summed E-state index contributed by atoms with van der Waals surface area (Å²) < 4.78 is 28.9. The highest BCUT2D eigenvalue weighted by atomic mass is 32.2. The molecule has 0 aliphatic carbocycles. The van der Waals surface area contributed by atoms with E-state index < -0.39 is 15.0 Å². The molecule has 104 valence electrons. The molecule has 0 bridgehead atoms. The van der Waals surface area contributed by atoms with Crippen molar-refractivity contribution in [1.82, 2.24) is 0 Å². The van der Waals surface area contributed by atoms with E-state index in [2.05, 4.69) is 0 Å². The second kappa shape index (κ2) is 5.30. The van der Waals surface area contributed by atoms with Crippen molar-refractivity contribution in [2.24, 2.45) is 0 Å². The van der Waals surface area contributed by atoms with E-state index >= 15 is 0 Å². The normalized spacial score (nSPS) is 11.1. The SMILES string of the molecule is Cc1ccc(S(=O)(=O)Oc2ccc([N+](=O)[O-])cc2)cc1. The Labute approximate surface area is 115 Å². The topological polar surface area (TPSA) is 86.5 Å². The fourth-order valence-electron chi connectivity index (χ4n) is 1.50. The van der Waals surface area contributed by atoms with Gasteiger partial charge in [-0.05, 0) is 31.2 Å². The van der Waals surface area contributed by atoms with Crippen molar-refractivity contribution < 1.29 is 17.5 Å². The number of nitrogens with zero attached hydrogens (tertiary/aromatic N) is 1. The van der Waals surface area contributed by atoms with E-state index in [4.69, 9.17) is 4.18 Å². The van der Waals surface area contributed by atoms with E-state index in [9.17, 15) is 18.5 Å². The molecule has 0 atom stereocenters. The van der Waals surface area contributed by atoms with Crippen LogP contribution in [0.15, 0.2) is 53.4 Å². The van der Waals surface area contributed by atoms with E-state index in [1.165, 1.54) is 36.4 Å². The Kier molecular flexibility index (Phi) is 3.71. The number of hydrogen-bond donors (Lipinski definition) is 0. The minimum Gasteiger partial charge on any atom is -0.379 e. The van der Waals surface area contributed by atoms with Gasteiger partial charge in [-0.1, -0.05) is 17.7 Å². The molecule has 2 aromatic rings. The third-order valence-electron chi connectivity index (χ3n) is 2.56. The summed E-state index contributed by atoms with van der Waals surface area (Å²) in [6.07, 6.45) is 0. The van der Waals surface area contributed by atoms with E-state index in [0.29, 0.717) is 0 Å². The molecule has 20 heavy (non-hydrogen) atoms. The van der Waals surface area contributed by atoms with Crippen LogP contribution in [0.2, 0.25) is 0 Å². The second-order valence-corrected chi connectivity index (χ2v) is 5.65. The molecule has 0 radical (unpaired) electrons. The van der Waals surface area contributed by atoms with Gasteiger partial charge >= 0.3 is 10.1 Å². The van der Waals surface area contributed by atoms with Gasteiger partial charge in [0.25, 0.3) is 5.69 Å². The molecular formula is C13H11NO5S. The zero-order valence-corrected chi connectivity index (χ0v) is 11.3. The molecule has 0 aliphatic rings. The first-order chi connectivity index (χ1) is 9.38. The molecule has 0 amide bonds. The highest BCUT2D eigenvalue weighted by Crippen LogP contribution is 2.21. The standard InChI is InChI=1S/C13H11NO5S/c1-10-2-8-13(9-3-10)20(17,18)19-12-6-4-11(5-7-12)14(15)16/h2-9H,1H3. The number of nitro groups is 1. The van der Waals surface area contributed by atoms with Crippen LogP contribution in [0.25, 0.3) is 0 Å². The van der Waals surface area contributed by atoms with Crippen LogP contribution >= 0.6 is 0 Å². The van der Waals surface area contributed by atoms with E-state index in [1.807, 2.05) is 6.92 Å². The number of hydrogen-bond acceptors (Lipinski definition) is 5. The third kappa shape index (κ3) is 3.12. The molecule has 2 aromatic carbocycles. The number of aryl methyl sites for hydroxylation is 1. The van der Waals surface area contributed by atoms with Gasteiger partial charge in [0.05, 0.1) is 4.92 Å². The quantitative estimate of drug-likeness (QED) is 0.491. The van der Waals surface area contributed by atoms with Gasteiger partial charge in [-0.25, -0.2) is 0 Å². The molecule has 0 spiro atoms. The lowest BCUT2D eigenvalue weighted by molar-refractivity contribution is -0.384. The summed E-state index contributed by atoms with van der Waals surface area (Å²) in [5.74, 6) is 0.0242. The molecule has 0 saturated carbocycles. The lowest BCUT2D eigenvalue weighted by atomic mass is 10.2. The highest BCUT2D eigenvalue weighted by molar-refractivity contribution is 7.87. The van der Waals surface area contributed by atoms with Crippen LogP contribution in [0.5, 0.6) is 5.75 Å². The molecule has 0 aromatic heterocycles. The van der Waals surface area contributed by atoms with Crippen LogP contribution in [-0.2, 0) is 10.1 Å². The fourth-order valence-corrected chi connectivity index (χ4v) is 2.43. The molecule has 7 heteroatoms. The predicted octanol–water partition coefficient (Wildman–Crippen LogP) is 2.67. The van der Waals surface area contributed by atoms with E-state index in [1.54, 1.807) is 12.1 Å². The van der Waals surface area contributed by atoms with Crippen molar-refractivity contribution in [1.29, 1.82) is 0 Å². The third-order valence-corrected chi connectivity index (χ3v) is 3.82. The average molecular weight is 293 g/mol. The van der Waals surface area contributed by atoms with Gasteiger partial charge in [0.2, 0.25) is 0 Å². The highest BCUT2D eigenvalue weighted by Gasteiger charge is 2.16. The van der Waals surface area contributed by atoms with Crippen LogP contribution < -0.4 is 4.18 Å². The smallest absolute Gasteiger partial charge is 0.339 e. The molecule has 0 aliphatic heterocycles. The predicted molar refractivity (Wildman–Crippen MR) is 72.1 cm³/mol. The van der Waals surface area contributed by atoms with E-state index in [0.717, 1.165) is 5.56 Å². The van der Waals surface area contributed by atoms with E-state index in [-0.39, 0.29) is 16.3 Å². The number of rotatable bonds is 4. The maximum absolute atomic E-state index is 12.0. The Hall–Kier alpha value is -2.41. The summed E-state index contributed by atoms with van der Waals surface area (Å²) in [5.41, 5.74) is 0.796. The van der Waals surface area contributed by atoms with Gasteiger partial charge in [0.1, 0.15) is 10.6 Å². The molecule has 2 rings (SSSR count). The largest absolute Gasteiger partial charge is 0.379 e. The molecule has 0 saturated heterocycles. The van der Waals surface area contributed by atoms with Crippen LogP contribution in [0.3, 0.4) is 0 Å². The van der Waals surface area contributed by atoms with Crippen molar-refractivity contribution in [2.45, 2.75) is 11.8 Å². The first-order valence-electron chi connectivity index (χ1n) is 5.64. The summed E-state index contributed by atoms with van der Waals surface area (Å²) in [6.45, 7) is 1.84. The summed E-state index contributed by atoms with van der Waals surface area (Å²) in [5, 5.41) is 10.5. The molecule has 0 fully saturated rings. The minimum atomic E-state index is -3.93. The number of benzene rings is 2. The molecule has 0 N–H and O–H groups in total. The van der Waals surface area contributed by atoms with Crippen molar-refractivity contribution in [3.8, 4) is 5.75 Å². The first kappa shape index (κ1) is 14.0. The molecular weight excluding hydrogens is 282 g/mol. The monoisotopic (exact) mass is 293 g/mol. The van der Waals surface area contributed by atoms with Crippen LogP contribution in [0, 0.1) is 17.0 Å². The molecule has 0 heterocycles.